The van der Waals surface area contributed by atoms with Gasteiger partial charge in [-0.1, -0.05) is 35.5 Å². The van der Waals surface area contributed by atoms with Crippen LogP contribution >= 0.6 is 34.7 Å². The van der Waals surface area contributed by atoms with Crippen LogP contribution in [0.1, 0.15) is 19.4 Å². The zero-order valence-corrected chi connectivity index (χ0v) is 20.5. The first-order valence-corrected chi connectivity index (χ1v) is 12.6. The molecular formula is C25H23ClN3OS2+. The van der Waals surface area contributed by atoms with Crippen LogP contribution in [0.3, 0.4) is 0 Å². The van der Waals surface area contributed by atoms with E-state index in [2.05, 4.69) is 59.0 Å². The minimum Gasteiger partial charge on any atom is -0.337 e. The molecule has 0 saturated carbocycles. The molecule has 4 aromatic rings. The fourth-order valence-electron chi connectivity index (χ4n) is 4.13. The smallest absolute Gasteiger partial charge is 0.271 e. The van der Waals surface area contributed by atoms with E-state index in [9.17, 15) is 4.79 Å². The zero-order chi connectivity index (χ0) is 22.4. The number of rotatable bonds is 3. The molecule has 2 aromatic heterocycles. The van der Waals surface area contributed by atoms with Crippen molar-refractivity contribution >= 4 is 62.4 Å². The molecule has 0 atom stereocenters. The van der Waals surface area contributed by atoms with E-state index in [4.69, 9.17) is 11.6 Å². The van der Waals surface area contributed by atoms with Crippen molar-refractivity contribution < 1.29 is 4.57 Å². The van der Waals surface area contributed by atoms with Crippen LogP contribution < -0.4 is 24.2 Å². The molecule has 0 fully saturated rings. The maximum Gasteiger partial charge on any atom is 0.271 e. The Morgan fingerprint density at radius 1 is 1.12 bits per heavy atom. The highest BCUT2D eigenvalue weighted by molar-refractivity contribution is 8.08. The molecule has 32 heavy (non-hydrogen) atoms. The molecule has 1 aliphatic rings. The van der Waals surface area contributed by atoms with Gasteiger partial charge in [0.2, 0.25) is 5.52 Å². The van der Waals surface area contributed by atoms with E-state index in [1.54, 1.807) is 23.1 Å². The SMILES string of the molecule is CCn1c(=Cc2cc[n+](CC)c3ccccc23)s/c(=C2\Sc3ccc(Cl)cc3N2C)c1=O. The zero-order valence-electron chi connectivity index (χ0n) is 18.1. The molecule has 162 valence electrons. The number of aromatic nitrogens is 2. The second-order valence-electron chi connectivity index (χ2n) is 7.62. The molecule has 3 heterocycles. The van der Waals surface area contributed by atoms with Crippen molar-refractivity contribution in [1.29, 1.82) is 0 Å². The van der Waals surface area contributed by atoms with Crippen molar-refractivity contribution in [3.05, 3.63) is 84.9 Å². The Labute approximate surface area is 199 Å². The van der Waals surface area contributed by atoms with Crippen molar-refractivity contribution in [1.82, 2.24) is 4.57 Å². The number of nitrogens with zero attached hydrogens (tertiary/aromatic N) is 3. The molecule has 5 rings (SSSR count). The van der Waals surface area contributed by atoms with E-state index in [1.165, 1.54) is 10.9 Å². The number of aryl methyl sites for hydroxylation is 1. The standard InChI is InChI=1S/C25H23ClN3OS2/c1-4-28-13-12-16(18-8-6-7-9-19(18)28)14-22-29(5-2)24(30)23(32-22)25-27(3)20-15-17(26)10-11-21(20)31-25/h6-15H,4-5H2,1-3H3/q+1/b25-23-. The maximum absolute atomic E-state index is 13.4. The molecular weight excluding hydrogens is 458 g/mol. The number of thiazole rings is 1. The summed E-state index contributed by atoms with van der Waals surface area (Å²) in [6.07, 6.45) is 4.26. The van der Waals surface area contributed by atoms with Gasteiger partial charge in [0.25, 0.3) is 5.56 Å². The molecule has 0 aliphatic carbocycles. The van der Waals surface area contributed by atoms with E-state index in [-0.39, 0.29) is 5.56 Å². The minimum absolute atomic E-state index is 0.0564. The molecule has 0 N–H and O–H groups in total. The summed E-state index contributed by atoms with van der Waals surface area (Å²) in [7, 11) is 2.00. The topological polar surface area (TPSA) is 29.1 Å². The van der Waals surface area contributed by atoms with Crippen LogP contribution in [0, 0.1) is 0 Å². The van der Waals surface area contributed by atoms with Crippen molar-refractivity contribution in [2.45, 2.75) is 31.8 Å². The number of para-hydroxylation sites is 1. The summed E-state index contributed by atoms with van der Waals surface area (Å²) in [5, 5.41) is 2.84. The van der Waals surface area contributed by atoms with Gasteiger partial charge in [0.15, 0.2) is 6.20 Å². The lowest BCUT2D eigenvalue weighted by atomic mass is 10.1. The summed E-state index contributed by atoms with van der Waals surface area (Å²) in [5.41, 5.74) is 3.41. The fourth-order valence-corrected chi connectivity index (χ4v) is 6.75. The number of fused-ring (bicyclic) bond motifs is 2. The highest BCUT2D eigenvalue weighted by Gasteiger charge is 2.25. The largest absolute Gasteiger partial charge is 0.337 e. The maximum atomic E-state index is 13.4. The summed E-state index contributed by atoms with van der Waals surface area (Å²) in [6, 6.07) is 16.4. The van der Waals surface area contributed by atoms with Gasteiger partial charge in [-0.15, -0.1) is 11.3 Å². The van der Waals surface area contributed by atoms with Gasteiger partial charge in [-0.3, -0.25) is 9.36 Å². The van der Waals surface area contributed by atoms with Crippen LogP contribution in [0.15, 0.2) is 64.4 Å². The first-order valence-electron chi connectivity index (χ1n) is 10.6. The third-order valence-corrected chi connectivity index (χ3v) is 8.51. The molecule has 0 bridgehead atoms. The summed E-state index contributed by atoms with van der Waals surface area (Å²) in [4.78, 5) is 16.6. The molecule has 0 saturated heterocycles. The molecule has 7 heteroatoms. The molecule has 0 amide bonds. The monoisotopic (exact) mass is 480 g/mol. The van der Waals surface area contributed by atoms with E-state index >= 15 is 0 Å². The Hall–Kier alpha value is -2.54. The predicted octanol–water partition coefficient (Wildman–Crippen LogP) is 4.18. The van der Waals surface area contributed by atoms with Crippen LogP contribution in [0.25, 0.3) is 22.0 Å². The molecule has 1 aliphatic heterocycles. The Kier molecular flexibility index (Phi) is 5.61. The van der Waals surface area contributed by atoms with Crippen molar-refractivity contribution in [3.8, 4) is 0 Å². The van der Waals surface area contributed by atoms with Crippen molar-refractivity contribution in [3.63, 3.8) is 0 Å². The Morgan fingerprint density at radius 2 is 1.94 bits per heavy atom. The summed E-state index contributed by atoms with van der Waals surface area (Å²) < 4.78 is 5.83. The van der Waals surface area contributed by atoms with Gasteiger partial charge in [-0.25, -0.2) is 0 Å². The fraction of sp³-hybridized carbons (Fsp3) is 0.200. The number of anilines is 1. The average molecular weight is 481 g/mol. The second-order valence-corrected chi connectivity index (χ2v) is 10.1. The number of thioether (sulfide) groups is 1. The van der Waals surface area contributed by atoms with Crippen LogP contribution in [0.2, 0.25) is 5.02 Å². The van der Waals surface area contributed by atoms with E-state index in [1.807, 2.05) is 36.7 Å². The van der Waals surface area contributed by atoms with Gasteiger partial charge in [-0.05, 0) is 49.8 Å². The van der Waals surface area contributed by atoms with Crippen LogP contribution in [-0.4, -0.2) is 11.6 Å². The lowest BCUT2D eigenvalue weighted by Crippen LogP contribution is -2.33. The number of hydrogen-bond donors (Lipinski definition) is 0. The average Bonchev–Trinajstić information content (AvgIpc) is 3.29. The first-order chi connectivity index (χ1) is 15.5. The number of halogens is 1. The van der Waals surface area contributed by atoms with Crippen molar-refractivity contribution in [2.75, 3.05) is 11.9 Å². The highest BCUT2D eigenvalue weighted by Crippen LogP contribution is 2.46. The third-order valence-electron chi connectivity index (χ3n) is 5.79. The number of hydrogen-bond acceptors (Lipinski definition) is 4. The summed E-state index contributed by atoms with van der Waals surface area (Å²) in [5.74, 6) is 0. The van der Waals surface area contributed by atoms with Crippen LogP contribution in [-0.2, 0) is 13.1 Å². The van der Waals surface area contributed by atoms with Gasteiger partial charge in [0, 0.05) is 35.6 Å². The molecule has 0 radical (unpaired) electrons. The van der Waals surface area contributed by atoms with E-state index < -0.39 is 0 Å². The lowest BCUT2D eigenvalue weighted by Gasteiger charge is -2.12. The minimum atomic E-state index is 0.0564. The van der Waals surface area contributed by atoms with E-state index in [0.717, 1.165) is 36.9 Å². The van der Waals surface area contributed by atoms with Gasteiger partial charge in [-0.2, -0.15) is 4.57 Å². The Bertz CT molecular complexity index is 1540. The Morgan fingerprint density at radius 3 is 2.72 bits per heavy atom. The lowest BCUT2D eigenvalue weighted by molar-refractivity contribution is -0.667. The quantitative estimate of drug-likeness (QED) is 0.412. The number of pyridine rings is 1. The van der Waals surface area contributed by atoms with Crippen LogP contribution in [0.4, 0.5) is 5.69 Å². The van der Waals surface area contributed by atoms with E-state index in [0.29, 0.717) is 11.6 Å². The highest BCUT2D eigenvalue weighted by atomic mass is 35.5. The van der Waals surface area contributed by atoms with Gasteiger partial charge in [0.05, 0.1) is 15.7 Å². The first kappa shape index (κ1) is 21.3. The second kappa shape index (κ2) is 8.43. The van der Waals surface area contributed by atoms with Gasteiger partial charge >= 0.3 is 0 Å². The Balaban J connectivity index is 1.74. The van der Waals surface area contributed by atoms with Gasteiger partial charge < -0.3 is 4.90 Å². The van der Waals surface area contributed by atoms with Crippen molar-refractivity contribution in [2.24, 2.45) is 0 Å². The summed E-state index contributed by atoms with van der Waals surface area (Å²) in [6.45, 7) is 5.71. The normalized spacial score (nSPS) is 15.6. The molecule has 2 aromatic carbocycles. The van der Waals surface area contributed by atoms with Gasteiger partial charge in [0.1, 0.15) is 16.1 Å². The summed E-state index contributed by atoms with van der Waals surface area (Å²) >= 11 is 9.40. The molecule has 4 nitrogen and oxygen atoms in total. The predicted molar refractivity (Wildman–Crippen MR) is 136 cm³/mol. The third kappa shape index (κ3) is 3.47. The molecule has 0 unspecified atom stereocenters. The number of benzene rings is 2. The molecule has 0 spiro atoms. The van der Waals surface area contributed by atoms with Crippen LogP contribution in [0.5, 0.6) is 0 Å².